The normalized spacial score (nSPS) is 32.4. The Morgan fingerprint density at radius 1 is 1.56 bits per heavy atom. The zero-order chi connectivity index (χ0) is 11.5. The molecule has 0 bridgehead atoms. The largest absolute Gasteiger partial charge is 0.374 e. The van der Waals surface area contributed by atoms with Crippen LogP contribution in [0.2, 0.25) is 0 Å². The van der Waals surface area contributed by atoms with Crippen LogP contribution in [0, 0.1) is 0 Å². The van der Waals surface area contributed by atoms with Crippen LogP contribution < -0.4 is 5.32 Å². The van der Waals surface area contributed by atoms with E-state index in [1.54, 1.807) is 0 Å². The summed E-state index contributed by atoms with van der Waals surface area (Å²) in [6, 6.07) is -0.0362. The molecule has 0 aromatic rings. The van der Waals surface area contributed by atoms with E-state index < -0.39 is 0 Å². The summed E-state index contributed by atoms with van der Waals surface area (Å²) in [4.78, 5) is 15.9. The molecule has 2 aliphatic heterocycles. The molecule has 2 atom stereocenters. The van der Waals surface area contributed by atoms with E-state index in [-0.39, 0.29) is 18.1 Å². The van der Waals surface area contributed by atoms with Crippen molar-refractivity contribution in [1.29, 1.82) is 0 Å². The standard InChI is InChI=1S/C11H21N3O2/c1-3-13-4-5-16-10(6-13)7-14-8-12-9(2)11(14)15/h9-10,12H,3-8H2,1-2H3. The number of nitrogens with one attached hydrogen (secondary N) is 1. The second-order valence-corrected chi connectivity index (χ2v) is 4.53. The highest BCUT2D eigenvalue weighted by Gasteiger charge is 2.30. The van der Waals surface area contributed by atoms with Crippen LogP contribution in [0.5, 0.6) is 0 Å². The molecule has 0 aromatic carbocycles. The molecule has 0 spiro atoms. The second-order valence-electron chi connectivity index (χ2n) is 4.53. The fourth-order valence-electron chi connectivity index (χ4n) is 2.26. The third-order valence-electron chi connectivity index (χ3n) is 3.36. The third kappa shape index (κ3) is 2.53. The van der Waals surface area contributed by atoms with Crippen LogP contribution in [0.1, 0.15) is 13.8 Å². The third-order valence-corrected chi connectivity index (χ3v) is 3.36. The minimum atomic E-state index is -0.0362. The van der Waals surface area contributed by atoms with Crippen molar-refractivity contribution < 1.29 is 9.53 Å². The molecule has 0 aromatic heterocycles. The number of nitrogens with zero attached hydrogens (tertiary/aromatic N) is 2. The highest BCUT2D eigenvalue weighted by Crippen LogP contribution is 2.10. The van der Waals surface area contributed by atoms with E-state index in [1.807, 2.05) is 11.8 Å². The molecule has 2 rings (SSSR count). The molecule has 5 nitrogen and oxygen atoms in total. The Morgan fingerprint density at radius 2 is 2.38 bits per heavy atom. The molecule has 1 amide bonds. The van der Waals surface area contributed by atoms with Crippen molar-refractivity contribution in [3.05, 3.63) is 0 Å². The zero-order valence-corrected chi connectivity index (χ0v) is 10.1. The average Bonchev–Trinajstić information content (AvgIpc) is 2.61. The lowest BCUT2D eigenvalue weighted by atomic mass is 10.2. The Kier molecular flexibility index (Phi) is 3.78. The van der Waals surface area contributed by atoms with E-state index in [9.17, 15) is 4.79 Å². The number of carbonyl (C=O) groups is 1. The first-order valence-electron chi connectivity index (χ1n) is 6.07. The summed E-state index contributed by atoms with van der Waals surface area (Å²) in [5.74, 6) is 0.192. The van der Waals surface area contributed by atoms with Gasteiger partial charge in [0.05, 0.1) is 25.4 Å². The smallest absolute Gasteiger partial charge is 0.240 e. The van der Waals surface area contributed by atoms with Gasteiger partial charge in [-0.15, -0.1) is 0 Å². The van der Waals surface area contributed by atoms with Crippen LogP contribution in [-0.2, 0) is 9.53 Å². The SMILES string of the molecule is CCN1CCOC(CN2CNC(C)C2=O)C1. The van der Waals surface area contributed by atoms with Gasteiger partial charge < -0.3 is 9.64 Å². The van der Waals surface area contributed by atoms with Crippen LogP contribution in [0.3, 0.4) is 0 Å². The Hall–Kier alpha value is -0.650. The zero-order valence-electron chi connectivity index (χ0n) is 10.1. The Balaban J connectivity index is 1.83. The summed E-state index contributed by atoms with van der Waals surface area (Å²) in [6.45, 7) is 9.23. The monoisotopic (exact) mass is 227 g/mol. The van der Waals surface area contributed by atoms with E-state index >= 15 is 0 Å². The first-order chi connectivity index (χ1) is 7.70. The van der Waals surface area contributed by atoms with Crippen molar-refractivity contribution in [2.45, 2.75) is 26.0 Å². The highest BCUT2D eigenvalue weighted by molar-refractivity contribution is 5.83. The van der Waals surface area contributed by atoms with Gasteiger partial charge in [-0.25, -0.2) is 0 Å². The van der Waals surface area contributed by atoms with Gasteiger partial charge >= 0.3 is 0 Å². The lowest BCUT2D eigenvalue weighted by Crippen LogP contribution is -2.48. The summed E-state index contributed by atoms with van der Waals surface area (Å²) in [5, 5.41) is 3.14. The highest BCUT2D eigenvalue weighted by atomic mass is 16.5. The lowest BCUT2D eigenvalue weighted by molar-refractivity contribution is -0.131. The molecular weight excluding hydrogens is 206 g/mol. The van der Waals surface area contributed by atoms with E-state index in [1.165, 1.54) is 0 Å². The van der Waals surface area contributed by atoms with Gasteiger partial charge in [0.2, 0.25) is 5.91 Å². The molecule has 2 aliphatic rings. The van der Waals surface area contributed by atoms with Crippen molar-refractivity contribution in [3.63, 3.8) is 0 Å². The van der Waals surface area contributed by atoms with Crippen molar-refractivity contribution in [1.82, 2.24) is 15.1 Å². The molecule has 5 heteroatoms. The van der Waals surface area contributed by atoms with Gasteiger partial charge in [-0.1, -0.05) is 6.92 Å². The molecule has 0 radical (unpaired) electrons. The van der Waals surface area contributed by atoms with Crippen molar-refractivity contribution >= 4 is 5.91 Å². The minimum absolute atomic E-state index is 0.0362. The minimum Gasteiger partial charge on any atom is -0.374 e. The predicted molar refractivity (Wildman–Crippen MR) is 61.0 cm³/mol. The van der Waals surface area contributed by atoms with Crippen LogP contribution in [0.4, 0.5) is 0 Å². The number of likely N-dealkylation sites (N-methyl/N-ethyl adjacent to an activating group) is 1. The molecule has 2 fully saturated rings. The maximum Gasteiger partial charge on any atom is 0.240 e. The fraction of sp³-hybridized carbons (Fsp3) is 0.909. The number of morpholine rings is 1. The number of hydrogen-bond acceptors (Lipinski definition) is 4. The summed E-state index contributed by atoms with van der Waals surface area (Å²) >= 11 is 0. The summed E-state index contributed by atoms with van der Waals surface area (Å²) < 4.78 is 5.69. The summed E-state index contributed by atoms with van der Waals surface area (Å²) in [6.07, 6.45) is 0.171. The van der Waals surface area contributed by atoms with Crippen LogP contribution in [0.25, 0.3) is 0 Å². The number of rotatable bonds is 3. The first kappa shape index (κ1) is 11.8. The molecule has 0 saturated carbocycles. The summed E-state index contributed by atoms with van der Waals surface area (Å²) in [7, 11) is 0. The number of carbonyl (C=O) groups excluding carboxylic acids is 1. The topological polar surface area (TPSA) is 44.8 Å². The van der Waals surface area contributed by atoms with Crippen LogP contribution >= 0.6 is 0 Å². The van der Waals surface area contributed by atoms with Gasteiger partial charge in [-0.2, -0.15) is 0 Å². The number of ether oxygens (including phenoxy) is 1. The maximum absolute atomic E-state index is 11.7. The average molecular weight is 227 g/mol. The van der Waals surface area contributed by atoms with Gasteiger partial charge in [0.15, 0.2) is 0 Å². The van der Waals surface area contributed by atoms with E-state index in [0.717, 1.165) is 26.2 Å². The number of amides is 1. The van der Waals surface area contributed by atoms with E-state index in [2.05, 4.69) is 17.1 Å². The lowest BCUT2D eigenvalue weighted by Gasteiger charge is -2.33. The van der Waals surface area contributed by atoms with Gasteiger partial charge in [-0.3, -0.25) is 15.0 Å². The van der Waals surface area contributed by atoms with Crippen LogP contribution in [-0.4, -0.2) is 67.3 Å². The van der Waals surface area contributed by atoms with Crippen molar-refractivity contribution in [3.8, 4) is 0 Å². The van der Waals surface area contributed by atoms with E-state index in [0.29, 0.717) is 13.2 Å². The maximum atomic E-state index is 11.7. The van der Waals surface area contributed by atoms with E-state index in [4.69, 9.17) is 4.74 Å². The Morgan fingerprint density at radius 3 is 3.00 bits per heavy atom. The summed E-state index contributed by atoms with van der Waals surface area (Å²) in [5.41, 5.74) is 0. The Bertz CT molecular complexity index is 260. The Labute approximate surface area is 96.7 Å². The predicted octanol–water partition coefficient (Wildman–Crippen LogP) is -0.515. The van der Waals surface area contributed by atoms with Crippen molar-refractivity contribution in [2.75, 3.05) is 39.5 Å². The molecule has 2 saturated heterocycles. The number of hydrogen-bond donors (Lipinski definition) is 1. The molecular formula is C11H21N3O2. The molecule has 2 unspecified atom stereocenters. The van der Waals surface area contributed by atoms with Gasteiger partial charge in [0, 0.05) is 19.6 Å². The second kappa shape index (κ2) is 5.12. The van der Waals surface area contributed by atoms with Crippen molar-refractivity contribution in [2.24, 2.45) is 0 Å². The fourth-order valence-corrected chi connectivity index (χ4v) is 2.26. The molecule has 92 valence electrons. The quantitative estimate of drug-likeness (QED) is 0.705. The van der Waals surface area contributed by atoms with Crippen LogP contribution in [0.15, 0.2) is 0 Å². The molecule has 16 heavy (non-hydrogen) atoms. The molecule has 1 N–H and O–H groups in total. The van der Waals surface area contributed by atoms with Gasteiger partial charge in [0.25, 0.3) is 0 Å². The first-order valence-corrected chi connectivity index (χ1v) is 6.07. The van der Waals surface area contributed by atoms with Gasteiger partial charge in [-0.05, 0) is 13.5 Å². The molecule has 0 aliphatic carbocycles. The van der Waals surface area contributed by atoms with Gasteiger partial charge in [0.1, 0.15) is 0 Å². The molecule has 2 heterocycles.